The van der Waals surface area contributed by atoms with Crippen LogP contribution in [0.25, 0.3) is 98.2 Å². The first-order chi connectivity index (χ1) is 23.8. The number of furan rings is 1. The molecule has 3 aromatic heterocycles. The molecular weight excluding hydrogens is 607 g/mol. The van der Waals surface area contributed by atoms with Gasteiger partial charge in [-0.05, 0) is 46.8 Å². The number of hydrogen-bond donors (Lipinski definition) is 0. The van der Waals surface area contributed by atoms with E-state index in [2.05, 4.69) is 127 Å². The molecule has 0 atom stereocenters. The normalized spacial score (nSPS) is 11.8. The minimum Gasteiger partial charge on any atom is -0.455 e. The van der Waals surface area contributed by atoms with Crippen LogP contribution in [0.15, 0.2) is 156 Å². The van der Waals surface area contributed by atoms with Crippen molar-refractivity contribution < 1.29 is 4.42 Å². The van der Waals surface area contributed by atoms with Gasteiger partial charge in [0, 0.05) is 53.0 Å². The molecule has 5 heteroatoms. The highest BCUT2D eigenvalue weighted by molar-refractivity contribution is 7.25. The SMILES string of the molecule is c1ccc(-c2ccc3oc4c5ccccc5c(-c5nc(-c6ccccc6)nc(-c6cccc7sc8ccccc8c67)n5)cc4c3c2)cc1. The van der Waals surface area contributed by atoms with Crippen molar-refractivity contribution >= 4 is 64.2 Å². The Morgan fingerprint density at radius 2 is 1.04 bits per heavy atom. The minimum absolute atomic E-state index is 0.627. The fraction of sp³-hybridized carbons (Fsp3) is 0. The highest BCUT2D eigenvalue weighted by Crippen LogP contribution is 2.42. The molecule has 0 saturated heterocycles. The van der Waals surface area contributed by atoms with E-state index in [1.54, 1.807) is 11.3 Å². The lowest BCUT2D eigenvalue weighted by atomic mass is 9.98. The first-order valence-electron chi connectivity index (χ1n) is 15.9. The van der Waals surface area contributed by atoms with Crippen LogP contribution >= 0.6 is 11.3 Å². The van der Waals surface area contributed by atoms with Crippen LogP contribution in [-0.2, 0) is 0 Å². The van der Waals surface area contributed by atoms with Gasteiger partial charge in [-0.2, -0.15) is 0 Å². The number of nitrogens with zero attached hydrogens (tertiary/aromatic N) is 3. The zero-order valence-corrected chi connectivity index (χ0v) is 26.4. The highest BCUT2D eigenvalue weighted by atomic mass is 32.1. The molecule has 0 N–H and O–H groups in total. The maximum absolute atomic E-state index is 6.56. The van der Waals surface area contributed by atoms with Gasteiger partial charge < -0.3 is 4.42 Å². The third-order valence-corrected chi connectivity index (χ3v) is 10.3. The molecule has 0 aliphatic heterocycles. The molecule has 0 unspecified atom stereocenters. The number of thiophene rings is 1. The second-order valence-corrected chi connectivity index (χ2v) is 13.1. The molecule has 0 saturated carbocycles. The number of fused-ring (bicyclic) bond motifs is 8. The van der Waals surface area contributed by atoms with Crippen molar-refractivity contribution in [3.8, 4) is 45.3 Å². The molecule has 0 fully saturated rings. The summed E-state index contributed by atoms with van der Waals surface area (Å²) in [5, 5.41) is 6.53. The predicted molar refractivity (Wildman–Crippen MR) is 199 cm³/mol. The molecule has 10 rings (SSSR count). The molecule has 0 aliphatic carbocycles. The Hall–Kier alpha value is -6.17. The molecule has 0 bridgehead atoms. The Balaban J connectivity index is 1.27. The summed E-state index contributed by atoms with van der Waals surface area (Å²) in [6, 6.07) is 52.6. The maximum atomic E-state index is 6.56. The smallest absolute Gasteiger partial charge is 0.164 e. The van der Waals surface area contributed by atoms with Gasteiger partial charge in [-0.1, -0.05) is 121 Å². The minimum atomic E-state index is 0.627. The van der Waals surface area contributed by atoms with Crippen LogP contribution in [-0.4, -0.2) is 15.0 Å². The summed E-state index contributed by atoms with van der Waals surface area (Å²) in [5.41, 5.74) is 6.90. The van der Waals surface area contributed by atoms with Gasteiger partial charge in [0.15, 0.2) is 17.5 Å². The molecular formula is C43H25N3OS. The molecule has 7 aromatic carbocycles. The van der Waals surface area contributed by atoms with Crippen molar-refractivity contribution in [1.29, 1.82) is 0 Å². The summed E-state index contributed by atoms with van der Waals surface area (Å²) >= 11 is 1.79. The molecule has 224 valence electrons. The standard InChI is InChI=1S/C43H25N3OS/c1-3-12-26(13-4-1)28-22-23-36-33(24-28)34-25-35(29-16-7-8-17-30(29)40(34)47-36)43-45-41(27-14-5-2-6-15-27)44-42(46-43)32-19-11-21-38-39(32)31-18-9-10-20-37(31)48-38/h1-25H. The van der Waals surface area contributed by atoms with Crippen LogP contribution in [0.1, 0.15) is 0 Å². The molecule has 48 heavy (non-hydrogen) atoms. The second kappa shape index (κ2) is 10.7. The van der Waals surface area contributed by atoms with Crippen molar-refractivity contribution in [1.82, 2.24) is 15.0 Å². The van der Waals surface area contributed by atoms with Gasteiger partial charge in [0.2, 0.25) is 0 Å². The Kier molecular flexibility index (Phi) is 6.01. The van der Waals surface area contributed by atoms with Gasteiger partial charge >= 0.3 is 0 Å². The van der Waals surface area contributed by atoms with Crippen molar-refractivity contribution in [2.24, 2.45) is 0 Å². The third-order valence-electron chi connectivity index (χ3n) is 9.14. The Morgan fingerprint density at radius 1 is 0.396 bits per heavy atom. The van der Waals surface area contributed by atoms with Gasteiger partial charge in [0.25, 0.3) is 0 Å². The predicted octanol–water partition coefficient (Wildman–Crippen LogP) is 12.0. The number of rotatable bonds is 4. The fourth-order valence-electron chi connectivity index (χ4n) is 6.89. The highest BCUT2D eigenvalue weighted by Gasteiger charge is 2.20. The monoisotopic (exact) mass is 631 g/mol. The zero-order valence-electron chi connectivity index (χ0n) is 25.6. The second-order valence-electron chi connectivity index (χ2n) is 12.0. The van der Waals surface area contributed by atoms with Crippen LogP contribution < -0.4 is 0 Å². The maximum Gasteiger partial charge on any atom is 0.164 e. The Bertz CT molecular complexity index is 2840. The van der Waals surface area contributed by atoms with Gasteiger partial charge in [-0.3, -0.25) is 0 Å². The van der Waals surface area contributed by atoms with Gasteiger partial charge in [0.1, 0.15) is 11.2 Å². The summed E-state index contributed by atoms with van der Waals surface area (Å²) in [4.78, 5) is 15.6. The van der Waals surface area contributed by atoms with E-state index >= 15 is 0 Å². The zero-order chi connectivity index (χ0) is 31.6. The van der Waals surface area contributed by atoms with Crippen LogP contribution in [0.3, 0.4) is 0 Å². The third kappa shape index (κ3) is 4.25. The molecule has 3 heterocycles. The first-order valence-corrected chi connectivity index (χ1v) is 16.8. The molecule has 0 radical (unpaired) electrons. The molecule has 0 amide bonds. The lowest BCUT2D eigenvalue weighted by molar-refractivity contribution is 0.673. The van der Waals surface area contributed by atoms with Crippen molar-refractivity contribution in [2.45, 2.75) is 0 Å². The summed E-state index contributed by atoms with van der Waals surface area (Å²) in [5.74, 6) is 1.92. The lowest BCUT2D eigenvalue weighted by Crippen LogP contribution is -2.01. The van der Waals surface area contributed by atoms with Gasteiger partial charge in [0.05, 0.1) is 0 Å². The van der Waals surface area contributed by atoms with Gasteiger partial charge in [-0.15, -0.1) is 11.3 Å². The average Bonchev–Trinajstić information content (AvgIpc) is 3.73. The summed E-state index contributed by atoms with van der Waals surface area (Å²) in [6.07, 6.45) is 0. The van der Waals surface area contributed by atoms with E-state index in [9.17, 15) is 0 Å². The first kappa shape index (κ1) is 27.0. The van der Waals surface area contributed by atoms with E-state index in [1.807, 2.05) is 24.3 Å². The van der Waals surface area contributed by atoms with Crippen molar-refractivity contribution in [3.05, 3.63) is 152 Å². The summed E-state index contributed by atoms with van der Waals surface area (Å²) in [6.45, 7) is 0. The number of benzene rings is 7. The van der Waals surface area contributed by atoms with E-state index in [1.165, 1.54) is 25.7 Å². The molecule has 10 aromatic rings. The number of hydrogen-bond acceptors (Lipinski definition) is 5. The average molecular weight is 632 g/mol. The quantitative estimate of drug-likeness (QED) is 0.194. The Labute approximate surface area is 279 Å². The van der Waals surface area contributed by atoms with E-state index in [0.717, 1.165) is 55.0 Å². The lowest BCUT2D eigenvalue weighted by Gasteiger charge is -2.11. The van der Waals surface area contributed by atoms with E-state index in [4.69, 9.17) is 19.4 Å². The van der Waals surface area contributed by atoms with Crippen LogP contribution in [0.5, 0.6) is 0 Å². The van der Waals surface area contributed by atoms with Crippen molar-refractivity contribution in [3.63, 3.8) is 0 Å². The molecule has 0 spiro atoms. The van der Waals surface area contributed by atoms with E-state index < -0.39 is 0 Å². The summed E-state index contributed by atoms with van der Waals surface area (Å²) < 4.78 is 9.02. The molecule has 4 nitrogen and oxygen atoms in total. The largest absolute Gasteiger partial charge is 0.455 e. The van der Waals surface area contributed by atoms with E-state index in [-0.39, 0.29) is 0 Å². The van der Waals surface area contributed by atoms with Crippen molar-refractivity contribution in [2.75, 3.05) is 0 Å². The summed E-state index contributed by atoms with van der Waals surface area (Å²) in [7, 11) is 0. The van der Waals surface area contributed by atoms with Gasteiger partial charge in [-0.25, -0.2) is 15.0 Å². The Morgan fingerprint density at radius 3 is 1.85 bits per heavy atom. The molecule has 0 aliphatic rings. The number of aromatic nitrogens is 3. The fourth-order valence-corrected chi connectivity index (χ4v) is 8.02. The topological polar surface area (TPSA) is 51.8 Å². The van der Waals surface area contributed by atoms with Crippen LogP contribution in [0.2, 0.25) is 0 Å². The van der Waals surface area contributed by atoms with E-state index in [0.29, 0.717) is 17.5 Å². The van der Waals surface area contributed by atoms with Crippen LogP contribution in [0, 0.1) is 0 Å². The van der Waals surface area contributed by atoms with Crippen LogP contribution in [0.4, 0.5) is 0 Å².